The van der Waals surface area contributed by atoms with Gasteiger partial charge in [-0.15, -0.1) is 0 Å². The van der Waals surface area contributed by atoms with E-state index < -0.39 is 0 Å². The van der Waals surface area contributed by atoms with Crippen molar-refractivity contribution in [2.24, 2.45) is 0 Å². The lowest BCUT2D eigenvalue weighted by molar-refractivity contribution is 0.0953. The monoisotopic (exact) mass is 333 g/mol. The first-order valence-corrected chi connectivity index (χ1v) is 8.59. The van der Waals surface area contributed by atoms with Gasteiger partial charge in [0.25, 0.3) is 5.91 Å². The molecule has 0 saturated carbocycles. The molecular weight excluding hydrogens is 310 g/mol. The number of nitrogens with zero attached hydrogens (tertiary/aromatic N) is 2. The summed E-state index contributed by atoms with van der Waals surface area (Å²) in [5.74, 6) is -0.0157. The molecule has 0 atom stereocenters. The Morgan fingerprint density at radius 2 is 1.76 bits per heavy atom. The third kappa shape index (κ3) is 5.05. The Morgan fingerprint density at radius 1 is 1.04 bits per heavy atom. The maximum Gasteiger partial charge on any atom is 0.251 e. The zero-order valence-corrected chi connectivity index (χ0v) is 14.5. The van der Waals surface area contributed by atoms with E-state index in [4.69, 9.17) is 0 Å². The van der Waals surface area contributed by atoms with Crippen LogP contribution < -0.4 is 5.32 Å². The first-order chi connectivity index (χ1) is 12.2. The number of imidazole rings is 1. The van der Waals surface area contributed by atoms with Gasteiger partial charge in [-0.1, -0.05) is 42.0 Å². The fraction of sp³-hybridized carbons (Fsp3) is 0.238. The van der Waals surface area contributed by atoms with Crippen molar-refractivity contribution in [1.29, 1.82) is 0 Å². The van der Waals surface area contributed by atoms with Crippen LogP contribution in [-0.2, 0) is 13.0 Å². The van der Waals surface area contributed by atoms with Crippen molar-refractivity contribution in [2.45, 2.75) is 26.3 Å². The molecule has 1 amide bonds. The normalized spacial score (nSPS) is 10.6. The largest absolute Gasteiger partial charge is 0.352 e. The summed E-state index contributed by atoms with van der Waals surface area (Å²) < 4.78 is 2.00. The predicted octanol–water partition coefficient (Wildman–Crippen LogP) is 3.60. The van der Waals surface area contributed by atoms with Gasteiger partial charge in [0.05, 0.1) is 6.33 Å². The maximum absolute atomic E-state index is 12.2. The molecule has 1 aromatic heterocycles. The van der Waals surface area contributed by atoms with Crippen molar-refractivity contribution in [2.75, 3.05) is 6.54 Å². The van der Waals surface area contributed by atoms with Gasteiger partial charge in [-0.25, -0.2) is 4.98 Å². The standard InChI is InChI=1S/C21H23N3O/c1-17-4-6-18(7-5-17)3-2-12-23-21(25)20-10-8-19(9-11-20)15-24-14-13-22-16-24/h4-11,13-14,16H,2-3,12,15H2,1H3,(H,23,25). The van der Waals surface area contributed by atoms with Gasteiger partial charge in [-0.3, -0.25) is 4.79 Å². The second kappa shape index (κ2) is 8.29. The van der Waals surface area contributed by atoms with Crippen molar-refractivity contribution in [1.82, 2.24) is 14.9 Å². The number of amides is 1. The van der Waals surface area contributed by atoms with Crippen LogP contribution >= 0.6 is 0 Å². The van der Waals surface area contributed by atoms with E-state index in [1.807, 2.05) is 35.0 Å². The number of hydrogen-bond acceptors (Lipinski definition) is 2. The molecule has 0 aliphatic heterocycles. The van der Waals surface area contributed by atoms with E-state index in [1.165, 1.54) is 11.1 Å². The summed E-state index contributed by atoms with van der Waals surface area (Å²) in [4.78, 5) is 16.2. The Labute approximate surface area is 148 Å². The number of aromatic nitrogens is 2. The van der Waals surface area contributed by atoms with Crippen LogP contribution in [0.2, 0.25) is 0 Å². The minimum Gasteiger partial charge on any atom is -0.352 e. The summed E-state index contributed by atoms with van der Waals surface area (Å²) in [5.41, 5.74) is 4.43. The average Bonchev–Trinajstić information content (AvgIpc) is 3.14. The van der Waals surface area contributed by atoms with Gasteiger partial charge >= 0.3 is 0 Å². The summed E-state index contributed by atoms with van der Waals surface area (Å²) in [6.45, 7) is 3.53. The van der Waals surface area contributed by atoms with Crippen LogP contribution in [0.4, 0.5) is 0 Å². The third-order valence-electron chi connectivity index (χ3n) is 4.19. The van der Waals surface area contributed by atoms with Crippen LogP contribution in [-0.4, -0.2) is 22.0 Å². The number of aryl methyl sites for hydroxylation is 2. The molecule has 2 aromatic carbocycles. The molecule has 25 heavy (non-hydrogen) atoms. The molecule has 0 aliphatic carbocycles. The highest BCUT2D eigenvalue weighted by Gasteiger charge is 2.05. The highest BCUT2D eigenvalue weighted by atomic mass is 16.1. The summed E-state index contributed by atoms with van der Waals surface area (Å²) in [7, 11) is 0. The summed E-state index contributed by atoms with van der Waals surface area (Å²) in [6.07, 6.45) is 7.39. The number of hydrogen-bond donors (Lipinski definition) is 1. The van der Waals surface area contributed by atoms with Crippen molar-refractivity contribution >= 4 is 5.91 Å². The van der Waals surface area contributed by atoms with Crippen molar-refractivity contribution in [3.8, 4) is 0 Å². The van der Waals surface area contributed by atoms with Crippen LogP contribution in [0, 0.1) is 6.92 Å². The van der Waals surface area contributed by atoms with Gasteiger partial charge in [-0.05, 0) is 43.0 Å². The Kier molecular flexibility index (Phi) is 5.62. The second-order valence-corrected chi connectivity index (χ2v) is 6.28. The van der Waals surface area contributed by atoms with Crippen molar-refractivity contribution in [3.63, 3.8) is 0 Å². The Hall–Kier alpha value is -2.88. The molecule has 0 spiro atoms. The van der Waals surface area contributed by atoms with Gasteiger partial charge in [0, 0.05) is 31.0 Å². The zero-order chi connectivity index (χ0) is 17.5. The van der Waals surface area contributed by atoms with Crippen molar-refractivity contribution in [3.05, 3.63) is 89.5 Å². The molecule has 0 saturated heterocycles. The van der Waals surface area contributed by atoms with Gasteiger partial charge in [0.15, 0.2) is 0 Å². The fourth-order valence-electron chi connectivity index (χ4n) is 2.70. The highest BCUT2D eigenvalue weighted by Crippen LogP contribution is 2.08. The second-order valence-electron chi connectivity index (χ2n) is 6.28. The zero-order valence-electron chi connectivity index (χ0n) is 14.5. The molecule has 1 heterocycles. The summed E-state index contributed by atoms with van der Waals surface area (Å²) >= 11 is 0. The molecular formula is C21H23N3O. The molecule has 0 radical (unpaired) electrons. The topological polar surface area (TPSA) is 46.9 Å². The van der Waals surface area contributed by atoms with Gasteiger partial charge in [0.1, 0.15) is 0 Å². The molecule has 3 aromatic rings. The van der Waals surface area contributed by atoms with Gasteiger partial charge in [-0.2, -0.15) is 0 Å². The molecule has 4 nitrogen and oxygen atoms in total. The first-order valence-electron chi connectivity index (χ1n) is 8.59. The number of nitrogens with one attached hydrogen (secondary N) is 1. The van der Waals surface area contributed by atoms with Crippen LogP contribution in [0.3, 0.4) is 0 Å². The van der Waals surface area contributed by atoms with Crippen LogP contribution in [0.5, 0.6) is 0 Å². The van der Waals surface area contributed by atoms with Crippen LogP contribution in [0.1, 0.15) is 33.5 Å². The minimum absolute atomic E-state index is 0.0157. The van der Waals surface area contributed by atoms with E-state index in [0.29, 0.717) is 12.1 Å². The molecule has 0 aliphatic rings. The number of carbonyl (C=O) groups excluding carboxylic acids is 1. The molecule has 0 fully saturated rings. The van der Waals surface area contributed by atoms with Gasteiger partial charge < -0.3 is 9.88 Å². The molecule has 128 valence electrons. The van der Waals surface area contributed by atoms with E-state index in [0.717, 1.165) is 24.9 Å². The predicted molar refractivity (Wildman–Crippen MR) is 99.6 cm³/mol. The number of benzene rings is 2. The van der Waals surface area contributed by atoms with E-state index in [1.54, 1.807) is 12.5 Å². The van der Waals surface area contributed by atoms with E-state index in [2.05, 4.69) is 41.5 Å². The van der Waals surface area contributed by atoms with Crippen molar-refractivity contribution < 1.29 is 4.79 Å². The number of carbonyl (C=O) groups is 1. The summed E-state index contributed by atoms with van der Waals surface area (Å²) in [6, 6.07) is 16.3. The lowest BCUT2D eigenvalue weighted by Gasteiger charge is -2.07. The Morgan fingerprint density at radius 3 is 2.44 bits per heavy atom. The van der Waals surface area contributed by atoms with Crippen LogP contribution in [0.25, 0.3) is 0 Å². The molecule has 0 unspecified atom stereocenters. The van der Waals surface area contributed by atoms with E-state index in [-0.39, 0.29) is 5.91 Å². The maximum atomic E-state index is 12.2. The van der Waals surface area contributed by atoms with E-state index in [9.17, 15) is 4.79 Å². The Bertz CT molecular complexity index is 790. The first kappa shape index (κ1) is 17.0. The minimum atomic E-state index is -0.0157. The molecule has 0 bridgehead atoms. The lowest BCUT2D eigenvalue weighted by Crippen LogP contribution is -2.24. The molecule has 3 rings (SSSR count). The number of rotatable bonds is 7. The average molecular weight is 333 g/mol. The SMILES string of the molecule is Cc1ccc(CCCNC(=O)c2ccc(Cn3ccnc3)cc2)cc1. The molecule has 1 N–H and O–H groups in total. The lowest BCUT2D eigenvalue weighted by atomic mass is 10.1. The third-order valence-corrected chi connectivity index (χ3v) is 4.19. The molecule has 4 heteroatoms. The Balaban J connectivity index is 1.44. The van der Waals surface area contributed by atoms with Crippen LogP contribution in [0.15, 0.2) is 67.3 Å². The van der Waals surface area contributed by atoms with E-state index >= 15 is 0 Å². The fourth-order valence-corrected chi connectivity index (χ4v) is 2.70. The highest BCUT2D eigenvalue weighted by molar-refractivity contribution is 5.94. The van der Waals surface area contributed by atoms with Gasteiger partial charge in [0.2, 0.25) is 0 Å². The quantitative estimate of drug-likeness (QED) is 0.672. The smallest absolute Gasteiger partial charge is 0.251 e. The summed E-state index contributed by atoms with van der Waals surface area (Å²) in [5, 5.41) is 2.99.